The van der Waals surface area contributed by atoms with Crippen molar-refractivity contribution in [3.63, 3.8) is 0 Å². The molecule has 1 saturated heterocycles. The van der Waals surface area contributed by atoms with E-state index in [4.69, 9.17) is 5.11 Å². The summed E-state index contributed by atoms with van der Waals surface area (Å²) in [5, 5.41) is 11.7. The predicted octanol–water partition coefficient (Wildman–Crippen LogP) is 2.92. The summed E-state index contributed by atoms with van der Waals surface area (Å²) in [4.78, 5) is 25.3. The third-order valence-corrected chi connectivity index (χ3v) is 4.25. The number of aromatic carboxylic acids is 1. The predicted molar refractivity (Wildman–Crippen MR) is 92.5 cm³/mol. The van der Waals surface area contributed by atoms with Crippen molar-refractivity contribution in [3.05, 3.63) is 65.2 Å². The van der Waals surface area contributed by atoms with Crippen LogP contribution in [0.4, 0.5) is 5.69 Å². The lowest BCUT2D eigenvalue weighted by Gasteiger charge is -2.17. The van der Waals surface area contributed by atoms with Crippen molar-refractivity contribution in [1.82, 2.24) is 5.32 Å². The minimum atomic E-state index is -0.955. The van der Waals surface area contributed by atoms with Crippen LogP contribution in [0.1, 0.15) is 39.1 Å². The van der Waals surface area contributed by atoms with Crippen LogP contribution in [-0.4, -0.2) is 30.1 Å². The van der Waals surface area contributed by atoms with E-state index in [1.165, 1.54) is 25.0 Å². The van der Waals surface area contributed by atoms with E-state index in [2.05, 4.69) is 10.2 Å². The highest BCUT2D eigenvalue weighted by Crippen LogP contribution is 2.20. The number of benzene rings is 2. The molecule has 124 valence electrons. The molecule has 1 aliphatic heterocycles. The number of carboxylic acid groups (broad SMARTS) is 1. The molecule has 2 N–H and O–H groups in total. The number of amides is 1. The number of carboxylic acids is 1. The fraction of sp³-hybridized carbons (Fsp3) is 0.263. The van der Waals surface area contributed by atoms with Crippen LogP contribution in [0.5, 0.6) is 0 Å². The van der Waals surface area contributed by atoms with Gasteiger partial charge in [-0.15, -0.1) is 0 Å². The zero-order valence-corrected chi connectivity index (χ0v) is 13.4. The van der Waals surface area contributed by atoms with Crippen LogP contribution >= 0.6 is 0 Å². The van der Waals surface area contributed by atoms with Gasteiger partial charge in [-0.05, 0) is 54.8 Å². The van der Waals surface area contributed by atoms with E-state index in [9.17, 15) is 9.59 Å². The topological polar surface area (TPSA) is 69.6 Å². The zero-order chi connectivity index (χ0) is 16.9. The van der Waals surface area contributed by atoms with Gasteiger partial charge in [0.05, 0.1) is 5.56 Å². The molecule has 0 radical (unpaired) electrons. The summed E-state index contributed by atoms with van der Waals surface area (Å²) < 4.78 is 0. The molecule has 1 fully saturated rings. The van der Waals surface area contributed by atoms with Gasteiger partial charge in [0, 0.05) is 30.9 Å². The van der Waals surface area contributed by atoms with Crippen LogP contribution in [0.2, 0.25) is 0 Å². The summed E-state index contributed by atoms with van der Waals surface area (Å²) in [6.45, 7) is 2.53. The summed E-state index contributed by atoms with van der Waals surface area (Å²) in [5.41, 5.74) is 2.89. The molecule has 0 spiro atoms. The number of carbonyl (C=O) groups is 2. The second kappa shape index (κ2) is 7.17. The standard InChI is InChI=1S/C19H20N2O3/c22-18(20-13-14-3-5-16(6-4-14)19(23)24)15-7-9-17(10-8-15)21-11-1-2-12-21/h3-10H,1-2,11-13H2,(H,20,22)(H,23,24). The first-order chi connectivity index (χ1) is 11.6. The molecule has 0 aromatic heterocycles. The summed E-state index contributed by atoms with van der Waals surface area (Å²) in [6, 6.07) is 14.2. The first kappa shape index (κ1) is 16.1. The molecule has 5 nitrogen and oxygen atoms in total. The van der Waals surface area contributed by atoms with Crippen LogP contribution in [0.15, 0.2) is 48.5 Å². The van der Waals surface area contributed by atoms with Gasteiger partial charge in [0.2, 0.25) is 0 Å². The van der Waals surface area contributed by atoms with E-state index in [1.807, 2.05) is 24.3 Å². The second-order valence-electron chi connectivity index (χ2n) is 5.93. The van der Waals surface area contributed by atoms with E-state index in [0.29, 0.717) is 12.1 Å². The maximum atomic E-state index is 12.2. The molecule has 24 heavy (non-hydrogen) atoms. The van der Waals surface area contributed by atoms with Gasteiger partial charge < -0.3 is 15.3 Å². The Balaban J connectivity index is 1.57. The van der Waals surface area contributed by atoms with Crippen LogP contribution in [0, 0.1) is 0 Å². The molecule has 0 unspecified atom stereocenters. The Labute approximate surface area is 140 Å². The SMILES string of the molecule is O=C(O)c1ccc(CNC(=O)c2ccc(N3CCCC3)cc2)cc1. The van der Waals surface area contributed by atoms with Gasteiger partial charge in [0.15, 0.2) is 0 Å². The lowest BCUT2D eigenvalue weighted by atomic mass is 10.1. The Bertz CT molecular complexity index is 717. The van der Waals surface area contributed by atoms with Gasteiger partial charge in [0.25, 0.3) is 5.91 Å². The molecule has 5 heteroatoms. The number of rotatable bonds is 5. The van der Waals surface area contributed by atoms with Crippen molar-refractivity contribution in [2.75, 3.05) is 18.0 Å². The molecular formula is C19H20N2O3. The van der Waals surface area contributed by atoms with E-state index < -0.39 is 5.97 Å². The van der Waals surface area contributed by atoms with Crippen LogP contribution in [0.3, 0.4) is 0 Å². The number of hydrogen-bond donors (Lipinski definition) is 2. The summed E-state index contributed by atoms with van der Waals surface area (Å²) in [6.07, 6.45) is 2.45. The first-order valence-electron chi connectivity index (χ1n) is 8.09. The summed E-state index contributed by atoms with van der Waals surface area (Å²) in [5.74, 6) is -1.09. The largest absolute Gasteiger partial charge is 0.478 e. The Kier molecular flexibility index (Phi) is 4.79. The van der Waals surface area contributed by atoms with E-state index in [1.54, 1.807) is 12.1 Å². The molecule has 0 saturated carbocycles. The van der Waals surface area contributed by atoms with Crippen molar-refractivity contribution >= 4 is 17.6 Å². The third-order valence-electron chi connectivity index (χ3n) is 4.25. The molecular weight excluding hydrogens is 304 g/mol. The quantitative estimate of drug-likeness (QED) is 0.887. The van der Waals surface area contributed by atoms with Gasteiger partial charge in [-0.25, -0.2) is 4.79 Å². The van der Waals surface area contributed by atoms with Gasteiger partial charge in [-0.2, -0.15) is 0 Å². The van der Waals surface area contributed by atoms with E-state index in [-0.39, 0.29) is 11.5 Å². The maximum Gasteiger partial charge on any atom is 0.335 e. The number of carbonyl (C=O) groups excluding carboxylic acids is 1. The number of nitrogens with one attached hydrogen (secondary N) is 1. The zero-order valence-electron chi connectivity index (χ0n) is 13.4. The van der Waals surface area contributed by atoms with Crippen molar-refractivity contribution in [2.45, 2.75) is 19.4 Å². The molecule has 0 atom stereocenters. The molecule has 2 aromatic rings. The Morgan fingerprint density at radius 1 is 0.917 bits per heavy atom. The van der Waals surface area contributed by atoms with Crippen molar-refractivity contribution in [2.24, 2.45) is 0 Å². The average Bonchev–Trinajstić information content (AvgIpc) is 3.15. The van der Waals surface area contributed by atoms with Crippen LogP contribution < -0.4 is 10.2 Å². The monoisotopic (exact) mass is 324 g/mol. The van der Waals surface area contributed by atoms with Crippen molar-refractivity contribution in [3.8, 4) is 0 Å². The lowest BCUT2D eigenvalue weighted by Crippen LogP contribution is -2.23. The molecule has 1 heterocycles. The number of anilines is 1. The van der Waals surface area contributed by atoms with Gasteiger partial charge in [-0.3, -0.25) is 4.79 Å². The normalized spacial score (nSPS) is 13.8. The highest BCUT2D eigenvalue weighted by Gasteiger charge is 2.13. The lowest BCUT2D eigenvalue weighted by molar-refractivity contribution is 0.0696. The summed E-state index contributed by atoms with van der Waals surface area (Å²) >= 11 is 0. The van der Waals surface area contributed by atoms with Crippen molar-refractivity contribution < 1.29 is 14.7 Å². The fourth-order valence-corrected chi connectivity index (χ4v) is 2.85. The molecule has 0 bridgehead atoms. The van der Waals surface area contributed by atoms with E-state index >= 15 is 0 Å². The molecule has 2 aromatic carbocycles. The van der Waals surface area contributed by atoms with Gasteiger partial charge in [0.1, 0.15) is 0 Å². The van der Waals surface area contributed by atoms with Gasteiger partial charge >= 0.3 is 5.97 Å². The van der Waals surface area contributed by atoms with E-state index in [0.717, 1.165) is 24.3 Å². The maximum absolute atomic E-state index is 12.2. The highest BCUT2D eigenvalue weighted by atomic mass is 16.4. The molecule has 3 rings (SSSR count). The Morgan fingerprint density at radius 3 is 2.08 bits per heavy atom. The Hall–Kier alpha value is -2.82. The highest BCUT2D eigenvalue weighted by molar-refractivity contribution is 5.94. The minimum absolute atomic E-state index is 0.134. The molecule has 0 aliphatic carbocycles. The second-order valence-corrected chi connectivity index (χ2v) is 5.93. The van der Waals surface area contributed by atoms with Crippen molar-refractivity contribution in [1.29, 1.82) is 0 Å². The van der Waals surface area contributed by atoms with Crippen LogP contribution in [-0.2, 0) is 6.54 Å². The fourth-order valence-electron chi connectivity index (χ4n) is 2.85. The average molecular weight is 324 g/mol. The molecule has 1 amide bonds. The Morgan fingerprint density at radius 2 is 1.50 bits per heavy atom. The minimum Gasteiger partial charge on any atom is -0.478 e. The third kappa shape index (κ3) is 3.74. The smallest absolute Gasteiger partial charge is 0.335 e. The first-order valence-corrected chi connectivity index (χ1v) is 8.09. The number of hydrogen-bond acceptors (Lipinski definition) is 3. The van der Waals surface area contributed by atoms with Gasteiger partial charge in [-0.1, -0.05) is 12.1 Å². The number of nitrogens with zero attached hydrogens (tertiary/aromatic N) is 1. The van der Waals surface area contributed by atoms with Crippen LogP contribution in [0.25, 0.3) is 0 Å². The molecule has 1 aliphatic rings. The summed E-state index contributed by atoms with van der Waals surface area (Å²) in [7, 11) is 0.